The van der Waals surface area contributed by atoms with Gasteiger partial charge in [-0.05, 0) is 46.9 Å². The lowest BCUT2D eigenvalue weighted by atomic mass is 10.1. The number of esters is 1. The van der Waals surface area contributed by atoms with E-state index < -0.39 is 45.6 Å². The third-order valence-electron chi connectivity index (χ3n) is 10.1. The van der Waals surface area contributed by atoms with Gasteiger partial charge in [0.1, 0.15) is 11.7 Å². The number of ether oxygens (including phenoxy) is 2. The molecule has 2 aromatic rings. The van der Waals surface area contributed by atoms with Crippen LogP contribution >= 0.6 is 0 Å². The van der Waals surface area contributed by atoms with Gasteiger partial charge in [-0.3, -0.25) is 14.9 Å². The van der Waals surface area contributed by atoms with E-state index in [2.05, 4.69) is 75.4 Å². The summed E-state index contributed by atoms with van der Waals surface area (Å²) in [5, 5.41) is 12.5. The number of hydrogen-bond acceptors (Lipinski definition) is 8. The highest BCUT2D eigenvalue weighted by Crippen LogP contribution is 2.46. The van der Waals surface area contributed by atoms with Gasteiger partial charge >= 0.3 is 5.97 Å². The van der Waals surface area contributed by atoms with Crippen LogP contribution in [0, 0.1) is 10.1 Å². The first-order valence-electron chi connectivity index (χ1n) is 16.5. The summed E-state index contributed by atoms with van der Waals surface area (Å²) in [6.45, 7) is 23.7. The van der Waals surface area contributed by atoms with Crippen LogP contribution in [0.5, 0.6) is 11.5 Å². The van der Waals surface area contributed by atoms with E-state index in [0.29, 0.717) is 12.0 Å². The summed E-state index contributed by atoms with van der Waals surface area (Å²) in [5.41, 5.74) is 0.584. The molecule has 0 N–H and O–H groups in total. The zero-order chi connectivity index (χ0) is 35.5. The zero-order valence-electron chi connectivity index (χ0n) is 30.2. The predicted octanol–water partition coefficient (Wildman–Crippen LogP) is 8.62. The van der Waals surface area contributed by atoms with Crippen molar-refractivity contribution in [3.8, 4) is 11.5 Å². The highest BCUT2D eigenvalue weighted by atomic mass is 28.4. The van der Waals surface area contributed by atoms with Crippen molar-refractivity contribution in [2.75, 3.05) is 20.3 Å². The van der Waals surface area contributed by atoms with E-state index in [1.807, 2.05) is 6.07 Å². The van der Waals surface area contributed by atoms with E-state index in [9.17, 15) is 19.7 Å². The molecule has 0 bridgehead atoms. The van der Waals surface area contributed by atoms with Crippen molar-refractivity contribution in [3.05, 3.63) is 63.7 Å². The maximum Gasteiger partial charge on any atom is 0.338 e. The number of nitro benzene ring substituents is 1. The Morgan fingerprint density at radius 1 is 0.979 bits per heavy atom. The summed E-state index contributed by atoms with van der Waals surface area (Å²) in [5.74, 6) is -0.509. The van der Waals surface area contributed by atoms with Gasteiger partial charge in [0.05, 0.1) is 42.9 Å². The van der Waals surface area contributed by atoms with Gasteiger partial charge in [-0.25, -0.2) is 4.79 Å². The summed E-state index contributed by atoms with van der Waals surface area (Å²) >= 11 is 0. The van der Waals surface area contributed by atoms with Crippen LogP contribution in [0.3, 0.4) is 0 Å². The van der Waals surface area contributed by atoms with Crippen molar-refractivity contribution >= 4 is 34.2 Å². The molecule has 0 radical (unpaired) electrons. The van der Waals surface area contributed by atoms with Gasteiger partial charge in [-0.1, -0.05) is 80.5 Å². The number of methoxy groups -OCH3 is 1. The van der Waals surface area contributed by atoms with Gasteiger partial charge in [0.15, 0.2) is 19.8 Å². The average Bonchev–Trinajstić information content (AvgIpc) is 3.39. The molecule has 47 heavy (non-hydrogen) atoms. The molecule has 3 rings (SSSR count). The molecule has 1 aliphatic rings. The van der Waals surface area contributed by atoms with Crippen LogP contribution in [0.15, 0.2) is 42.5 Å². The van der Waals surface area contributed by atoms with E-state index in [1.165, 1.54) is 19.2 Å². The van der Waals surface area contributed by atoms with Gasteiger partial charge in [0, 0.05) is 12.5 Å². The summed E-state index contributed by atoms with van der Waals surface area (Å²) < 4.78 is 24.9. The second-order valence-corrected chi connectivity index (χ2v) is 25.2. The highest BCUT2D eigenvalue weighted by Gasteiger charge is 2.48. The Kier molecular flexibility index (Phi) is 12.1. The van der Waals surface area contributed by atoms with E-state index in [1.54, 1.807) is 29.2 Å². The number of carbonyl (C=O) groups excluding carboxylic acids is 2. The molecule has 1 fully saturated rings. The minimum Gasteiger partial charge on any atom is -0.540 e. The molecule has 0 spiro atoms. The van der Waals surface area contributed by atoms with Crippen LogP contribution in [-0.2, 0) is 9.16 Å². The Bertz CT molecular complexity index is 1400. The maximum absolute atomic E-state index is 14.3. The van der Waals surface area contributed by atoms with Crippen molar-refractivity contribution < 1.29 is 32.8 Å². The quantitative estimate of drug-likeness (QED) is 0.0890. The Labute approximate surface area is 282 Å². The Balaban J connectivity index is 2.04. The molecule has 2 aromatic carbocycles. The molecule has 1 saturated heterocycles. The first-order valence-corrected chi connectivity index (χ1v) is 21.6. The van der Waals surface area contributed by atoms with Crippen molar-refractivity contribution in [1.82, 2.24) is 4.90 Å². The number of hydrogen-bond donors (Lipinski definition) is 0. The first kappa shape index (κ1) is 38.2. The molecule has 0 aromatic heterocycles. The summed E-state index contributed by atoms with van der Waals surface area (Å²) in [4.78, 5) is 40.8. The molecule has 1 amide bonds. The fraction of sp³-hybridized carbons (Fsp3) is 0.600. The molecule has 0 aliphatic carbocycles. The number of rotatable bonds is 13. The Hall–Kier alpha value is -3.23. The summed E-state index contributed by atoms with van der Waals surface area (Å²) in [6, 6.07) is 11.0. The smallest absolute Gasteiger partial charge is 0.338 e. The molecule has 10 nitrogen and oxygen atoms in total. The first-order chi connectivity index (χ1) is 21.8. The van der Waals surface area contributed by atoms with Gasteiger partial charge in [0.2, 0.25) is 0 Å². The van der Waals surface area contributed by atoms with Crippen molar-refractivity contribution in [1.29, 1.82) is 0 Å². The molecular weight excluding hydrogens is 633 g/mol. The fourth-order valence-corrected chi connectivity index (χ4v) is 12.8. The van der Waals surface area contributed by atoms with Gasteiger partial charge in [-0.15, -0.1) is 0 Å². The minimum absolute atomic E-state index is 0.0674. The van der Waals surface area contributed by atoms with E-state index >= 15 is 0 Å². The number of nitro groups is 1. The Morgan fingerprint density at radius 2 is 1.55 bits per heavy atom. The molecule has 1 aliphatic heterocycles. The third kappa shape index (κ3) is 8.26. The predicted molar refractivity (Wildman–Crippen MR) is 190 cm³/mol. The molecule has 2 atom stereocenters. The second kappa shape index (κ2) is 14.9. The lowest BCUT2D eigenvalue weighted by molar-refractivity contribution is -0.385. The normalized spacial score (nSPS) is 17.4. The largest absolute Gasteiger partial charge is 0.540 e. The number of likely N-dealkylation sites (tertiary alicyclic amines) is 1. The van der Waals surface area contributed by atoms with Crippen LogP contribution in [-0.4, -0.2) is 70.7 Å². The molecule has 0 saturated carbocycles. The maximum atomic E-state index is 14.3. The molecular formula is C35H54N2O8Si2. The SMILES string of the molecule is COc1cc(C(=O)N2CC(OC(=O)c3ccccc3)CC2CO[Si](C)(C)C(C)(C)C)c([N+](=O)[O-])cc1O[Si](C(C)C)(C(C)C)C(C)C. The number of carbonyl (C=O) groups is 2. The van der Waals surface area contributed by atoms with E-state index in [0.717, 1.165) is 0 Å². The number of benzene rings is 2. The van der Waals surface area contributed by atoms with Crippen LogP contribution in [0.4, 0.5) is 5.69 Å². The van der Waals surface area contributed by atoms with Crippen molar-refractivity contribution in [3.63, 3.8) is 0 Å². The summed E-state index contributed by atoms with van der Waals surface area (Å²) in [7, 11) is -3.25. The molecule has 260 valence electrons. The average molecular weight is 687 g/mol. The molecule has 2 unspecified atom stereocenters. The third-order valence-corrected chi connectivity index (χ3v) is 20.6. The lowest BCUT2D eigenvalue weighted by Crippen LogP contribution is -2.50. The van der Waals surface area contributed by atoms with Crippen molar-refractivity contribution in [2.45, 2.75) is 116 Å². The fourth-order valence-electron chi connectivity index (χ4n) is 6.49. The zero-order valence-corrected chi connectivity index (χ0v) is 32.2. The van der Waals surface area contributed by atoms with Gasteiger partial charge < -0.3 is 23.2 Å². The summed E-state index contributed by atoms with van der Waals surface area (Å²) in [6.07, 6.45) is -0.269. The van der Waals surface area contributed by atoms with Gasteiger partial charge in [0.25, 0.3) is 19.9 Å². The molecule has 12 heteroatoms. The van der Waals surface area contributed by atoms with E-state index in [-0.39, 0.29) is 57.6 Å². The minimum atomic E-state index is -2.51. The monoisotopic (exact) mass is 686 g/mol. The second-order valence-electron chi connectivity index (χ2n) is 15.0. The van der Waals surface area contributed by atoms with E-state index in [4.69, 9.17) is 18.3 Å². The Morgan fingerprint density at radius 3 is 2.04 bits per heavy atom. The van der Waals surface area contributed by atoms with Crippen LogP contribution in [0.2, 0.25) is 34.8 Å². The van der Waals surface area contributed by atoms with Crippen LogP contribution in [0.1, 0.15) is 89.5 Å². The lowest BCUT2D eigenvalue weighted by Gasteiger charge is -2.42. The highest BCUT2D eigenvalue weighted by molar-refractivity contribution is 6.78. The standard InChI is InChI=1S/C35H54N2O8Si2/c1-23(2)47(24(3)4,25(5)6)45-32-20-30(37(40)41)29(19-31(32)42-10)33(38)36-21-28(44-34(39)26-16-14-13-15-17-26)18-27(36)22-43-46(11,12)35(7,8)9/h13-17,19-20,23-25,27-28H,18,21-22H2,1-12H3. The number of amides is 1. The van der Waals surface area contributed by atoms with Crippen LogP contribution < -0.4 is 9.16 Å². The van der Waals surface area contributed by atoms with Crippen molar-refractivity contribution in [2.24, 2.45) is 0 Å². The van der Waals surface area contributed by atoms with Gasteiger partial charge in [-0.2, -0.15) is 0 Å². The topological polar surface area (TPSA) is 117 Å². The number of nitrogens with zero attached hydrogens (tertiary/aromatic N) is 2. The molecule has 1 heterocycles. The van der Waals surface area contributed by atoms with Crippen LogP contribution in [0.25, 0.3) is 0 Å².